The number of aryl methyl sites for hydroxylation is 1. The zero-order chi connectivity index (χ0) is 23.1. The molecular formula is C22H15N5O5S. The summed E-state index contributed by atoms with van der Waals surface area (Å²) < 4.78 is 7.50. The number of nitrogens with one attached hydrogen (secondary N) is 1. The van der Waals surface area contributed by atoms with Crippen LogP contribution in [0, 0.1) is 6.92 Å². The van der Waals surface area contributed by atoms with Crippen LogP contribution in [0.4, 0.5) is 0 Å². The number of ether oxygens (including phenoxy) is 1. The zero-order valence-electron chi connectivity index (χ0n) is 17.1. The molecule has 0 unspecified atom stereocenters. The third kappa shape index (κ3) is 3.74. The molecule has 0 atom stereocenters. The van der Waals surface area contributed by atoms with Crippen LogP contribution in [0.1, 0.15) is 21.1 Å². The standard InChI is InChI=1S/C22H15N5O5S/c1-12-25-27-18(28)10-14(23-22(27)33-12)11-32-20(30)13-7-8-16-17(9-13)24-21(31)26(19(16)29)15-5-3-2-4-6-15/h2-10H,11H2,1H3,(H,24,31). The predicted molar refractivity (Wildman–Crippen MR) is 121 cm³/mol. The number of hydrogen-bond acceptors (Lipinski definition) is 8. The quantitative estimate of drug-likeness (QED) is 0.404. The van der Waals surface area contributed by atoms with Crippen molar-refractivity contribution in [2.24, 2.45) is 0 Å². The summed E-state index contributed by atoms with van der Waals surface area (Å²) in [7, 11) is 0. The van der Waals surface area contributed by atoms with Gasteiger partial charge in [-0.15, -0.1) is 0 Å². The van der Waals surface area contributed by atoms with E-state index in [1.165, 1.54) is 40.1 Å². The number of nitrogens with zero attached hydrogens (tertiary/aromatic N) is 4. The van der Waals surface area contributed by atoms with Gasteiger partial charge in [-0.2, -0.15) is 9.61 Å². The number of para-hydroxylation sites is 1. The second kappa shape index (κ2) is 7.95. The van der Waals surface area contributed by atoms with Crippen LogP contribution in [0.15, 0.2) is 69.0 Å². The summed E-state index contributed by atoms with van der Waals surface area (Å²) in [6, 6.07) is 14.1. The molecule has 0 bridgehead atoms. The van der Waals surface area contributed by atoms with E-state index < -0.39 is 17.2 Å². The van der Waals surface area contributed by atoms with E-state index >= 15 is 0 Å². The molecule has 0 saturated heterocycles. The topological polar surface area (TPSA) is 128 Å². The maximum absolute atomic E-state index is 12.9. The molecule has 5 aromatic rings. The number of aromatic amines is 1. The number of aromatic nitrogens is 5. The van der Waals surface area contributed by atoms with Gasteiger partial charge in [0.15, 0.2) is 0 Å². The molecule has 3 heterocycles. The van der Waals surface area contributed by atoms with Crippen molar-refractivity contribution in [2.75, 3.05) is 0 Å². The van der Waals surface area contributed by atoms with Crippen molar-refractivity contribution in [1.29, 1.82) is 0 Å². The Morgan fingerprint density at radius 2 is 1.88 bits per heavy atom. The highest BCUT2D eigenvalue weighted by Crippen LogP contribution is 2.14. The van der Waals surface area contributed by atoms with E-state index in [0.29, 0.717) is 15.7 Å². The number of rotatable bonds is 4. The minimum Gasteiger partial charge on any atom is -0.456 e. The molecular weight excluding hydrogens is 446 g/mol. The zero-order valence-corrected chi connectivity index (χ0v) is 18.0. The van der Waals surface area contributed by atoms with E-state index in [4.69, 9.17) is 4.74 Å². The average Bonchev–Trinajstić information content (AvgIpc) is 3.18. The van der Waals surface area contributed by atoms with Crippen molar-refractivity contribution in [2.45, 2.75) is 13.5 Å². The smallest absolute Gasteiger partial charge is 0.338 e. The van der Waals surface area contributed by atoms with Crippen LogP contribution in [0.2, 0.25) is 0 Å². The lowest BCUT2D eigenvalue weighted by Crippen LogP contribution is -2.33. The highest BCUT2D eigenvalue weighted by Gasteiger charge is 2.14. The number of H-pyrrole nitrogens is 1. The van der Waals surface area contributed by atoms with Crippen LogP contribution in [0.3, 0.4) is 0 Å². The van der Waals surface area contributed by atoms with Gasteiger partial charge >= 0.3 is 11.7 Å². The molecule has 0 radical (unpaired) electrons. The van der Waals surface area contributed by atoms with Crippen molar-refractivity contribution in [3.05, 3.63) is 102 Å². The summed E-state index contributed by atoms with van der Waals surface area (Å²) in [6.07, 6.45) is 0. The van der Waals surface area contributed by atoms with Gasteiger partial charge in [-0.25, -0.2) is 19.1 Å². The molecule has 0 aliphatic carbocycles. The van der Waals surface area contributed by atoms with Gasteiger partial charge in [0, 0.05) is 6.07 Å². The Morgan fingerprint density at radius 1 is 1.09 bits per heavy atom. The molecule has 164 valence electrons. The van der Waals surface area contributed by atoms with E-state index in [-0.39, 0.29) is 34.3 Å². The SMILES string of the molecule is Cc1nn2c(=O)cc(COC(=O)c3ccc4c(=O)n(-c5ccccc5)c(=O)[nH]c4c3)nc2s1. The Labute approximate surface area is 188 Å². The van der Waals surface area contributed by atoms with Gasteiger partial charge in [0.05, 0.1) is 27.8 Å². The molecule has 10 nitrogen and oxygen atoms in total. The monoisotopic (exact) mass is 461 g/mol. The van der Waals surface area contributed by atoms with Crippen molar-refractivity contribution in [1.82, 2.24) is 24.1 Å². The van der Waals surface area contributed by atoms with Gasteiger partial charge in [0.2, 0.25) is 4.96 Å². The van der Waals surface area contributed by atoms with Gasteiger partial charge in [-0.3, -0.25) is 9.59 Å². The average molecular weight is 461 g/mol. The molecule has 1 N–H and O–H groups in total. The summed E-state index contributed by atoms with van der Waals surface area (Å²) >= 11 is 1.25. The lowest BCUT2D eigenvalue weighted by molar-refractivity contribution is 0.0468. The Morgan fingerprint density at radius 3 is 2.67 bits per heavy atom. The first-order valence-corrected chi connectivity index (χ1v) is 10.6. The number of carbonyl (C=O) groups is 1. The summed E-state index contributed by atoms with van der Waals surface area (Å²) in [6.45, 7) is 1.54. The molecule has 11 heteroatoms. The minimum atomic E-state index is -0.688. The van der Waals surface area contributed by atoms with Gasteiger partial charge in [0.25, 0.3) is 11.1 Å². The molecule has 3 aromatic heterocycles. The Hall–Kier alpha value is -4.38. The third-order valence-electron chi connectivity index (χ3n) is 4.90. The van der Waals surface area contributed by atoms with Crippen LogP contribution >= 0.6 is 11.3 Å². The second-order valence-electron chi connectivity index (χ2n) is 7.14. The fraction of sp³-hybridized carbons (Fsp3) is 0.0909. The Kier molecular flexibility index (Phi) is 4.94. The molecule has 0 spiro atoms. The normalized spacial score (nSPS) is 11.2. The first-order valence-electron chi connectivity index (χ1n) is 9.79. The van der Waals surface area contributed by atoms with E-state index in [1.807, 2.05) is 0 Å². The maximum atomic E-state index is 12.9. The minimum absolute atomic E-state index is 0.140. The van der Waals surface area contributed by atoms with E-state index in [9.17, 15) is 19.2 Å². The molecule has 33 heavy (non-hydrogen) atoms. The largest absolute Gasteiger partial charge is 0.456 e. The summed E-state index contributed by atoms with van der Waals surface area (Å²) in [4.78, 5) is 57.4. The third-order valence-corrected chi connectivity index (χ3v) is 5.72. The molecule has 0 fully saturated rings. The molecule has 2 aromatic carbocycles. The summed E-state index contributed by atoms with van der Waals surface area (Å²) in [5.41, 5.74) is -0.415. The molecule has 0 aliphatic rings. The van der Waals surface area contributed by atoms with Gasteiger partial charge in [-0.1, -0.05) is 29.5 Å². The van der Waals surface area contributed by atoms with Crippen molar-refractivity contribution >= 4 is 33.2 Å². The van der Waals surface area contributed by atoms with Gasteiger partial charge < -0.3 is 9.72 Å². The number of hydrogen-bond donors (Lipinski definition) is 1. The number of fused-ring (bicyclic) bond motifs is 2. The van der Waals surface area contributed by atoms with Gasteiger partial charge in [-0.05, 0) is 37.3 Å². The van der Waals surface area contributed by atoms with Crippen LogP contribution < -0.4 is 16.8 Å². The fourth-order valence-electron chi connectivity index (χ4n) is 3.41. The fourth-order valence-corrected chi connectivity index (χ4v) is 4.17. The lowest BCUT2D eigenvalue weighted by Gasteiger charge is -2.08. The summed E-state index contributed by atoms with van der Waals surface area (Å²) in [5.74, 6) is -0.688. The highest BCUT2D eigenvalue weighted by molar-refractivity contribution is 7.16. The van der Waals surface area contributed by atoms with Crippen LogP contribution in [0.25, 0.3) is 21.6 Å². The first kappa shape index (κ1) is 20.5. The van der Waals surface area contributed by atoms with Crippen molar-refractivity contribution < 1.29 is 9.53 Å². The summed E-state index contributed by atoms with van der Waals surface area (Å²) in [5, 5.41) is 4.99. The number of esters is 1. The van der Waals surface area contributed by atoms with Crippen molar-refractivity contribution in [3.8, 4) is 5.69 Å². The predicted octanol–water partition coefficient (Wildman–Crippen LogP) is 1.81. The lowest BCUT2D eigenvalue weighted by atomic mass is 10.1. The maximum Gasteiger partial charge on any atom is 0.338 e. The van der Waals surface area contributed by atoms with Crippen LogP contribution in [-0.2, 0) is 11.3 Å². The van der Waals surface area contributed by atoms with Crippen molar-refractivity contribution in [3.63, 3.8) is 0 Å². The first-order chi connectivity index (χ1) is 15.9. The van der Waals surface area contributed by atoms with Crippen LogP contribution in [-0.4, -0.2) is 30.1 Å². The molecule has 0 aliphatic heterocycles. The van der Waals surface area contributed by atoms with Crippen LogP contribution in [0.5, 0.6) is 0 Å². The van der Waals surface area contributed by atoms with E-state index in [2.05, 4.69) is 15.1 Å². The number of carbonyl (C=O) groups excluding carboxylic acids is 1. The molecule has 5 rings (SSSR count). The highest BCUT2D eigenvalue weighted by atomic mass is 32.1. The molecule has 0 saturated carbocycles. The van der Waals surface area contributed by atoms with E-state index in [0.717, 1.165) is 4.57 Å². The van der Waals surface area contributed by atoms with Gasteiger partial charge in [0.1, 0.15) is 11.6 Å². The second-order valence-corrected chi connectivity index (χ2v) is 8.30. The number of benzene rings is 2. The molecule has 0 amide bonds. The Bertz CT molecular complexity index is 1720. The Balaban J connectivity index is 1.43. The van der Waals surface area contributed by atoms with E-state index in [1.54, 1.807) is 37.3 Å².